The van der Waals surface area contributed by atoms with E-state index in [1.165, 1.54) is 11.1 Å². The molecule has 1 N–H and O–H groups in total. The molecule has 2 aliphatic carbocycles. The molecule has 4 aliphatic rings. The number of hydrogen-bond donors (Lipinski definition) is 1. The van der Waals surface area contributed by atoms with Crippen LogP contribution in [0.3, 0.4) is 0 Å². The fourth-order valence-corrected chi connectivity index (χ4v) is 9.54. The van der Waals surface area contributed by atoms with Crippen molar-refractivity contribution in [3.8, 4) is 5.75 Å². The number of carbonyl (C=O) groups is 2. The lowest BCUT2D eigenvalue weighted by Gasteiger charge is -2.45. The van der Waals surface area contributed by atoms with E-state index in [-0.39, 0.29) is 35.0 Å². The zero-order valence-electron chi connectivity index (χ0n) is 24.8. The zero-order valence-corrected chi connectivity index (χ0v) is 26.4. The predicted octanol–water partition coefficient (Wildman–Crippen LogP) is 6.14. The van der Waals surface area contributed by atoms with Crippen LogP contribution < -0.4 is 9.64 Å². The summed E-state index contributed by atoms with van der Waals surface area (Å²) in [6, 6.07) is 11.5. The van der Waals surface area contributed by atoms with Crippen molar-refractivity contribution in [2.24, 2.45) is 16.2 Å². The minimum atomic E-state index is -3.08. The Morgan fingerprint density at radius 2 is 2.07 bits per heavy atom. The summed E-state index contributed by atoms with van der Waals surface area (Å²) in [7, 11) is -3.08. The van der Waals surface area contributed by atoms with E-state index < -0.39 is 21.7 Å². The first-order valence-corrected chi connectivity index (χ1v) is 17.9. The Morgan fingerprint density at radius 3 is 2.86 bits per heavy atom. The maximum atomic E-state index is 13.8. The number of aliphatic hydroxyl groups excluding tert-OH is 1. The Kier molecular flexibility index (Phi) is 8.73. The number of hydrogen-bond acceptors (Lipinski definition) is 6. The normalized spacial score (nSPS) is 31.5. The van der Waals surface area contributed by atoms with Crippen molar-refractivity contribution >= 4 is 38.7 Å². The number of aliphatic hydroxyl groups is 1. The van der Waals surface area contributed by atoms with E-state index in [9.17, 15) is 18.9 Å². The standard InChI is InChI=1S/C34H41ClN2O5S/c1-2-27(38)20-43(41)16-5-3-4-8-31(39)28-12-9-25(28)19-37-21-34(15-6-7-23-17-26(35)11-13-29(23)34)22-42-32-14-10-24(18-30(32)37)33(40)36-43/h4,8,10-11,13-14,17-18,25,28,31,39H,2-3,5-7,9,12,15-16,19-22H2,1H3/b8-4+/t25-,28+,31-,34-,43+/m0/s1. The van der Waals surface area contributed by atoms with Gasteiger partial charge in [0.25, 0.3) is 5.91 Å². The molecule has 2 aliphatic heterocycles. The summed E-state index contributed by atoms with van der Waals surface area (Å²) >= 11 is 6.40. The van der Waals surface area contributed by atoms with Crippen LogP contribution in [0.2, 0.25) is 5.02 Å². The number of allylic oxidation sites excluding steroid dienone is 1. The molecule has 1 amide bonds. The first kappa shape index (κ1) is 30.4. The highest BCUT2D eigenvalue weighted by atomic mass is 35.5. The summed E-state index contributed by atoms with van der Waals surface area (Å²) in [5.41, 5.74) is 3.43. The first-order valence-electron chi connectivity index (χ1n) is 15.6. The van der Waals surface area contributed by atoms with Gasteiger partial charge in [-0.25, -0.2) is 4.21 Å². The van der Waals surface area contributed by atoms with Gasteiger partial charge in [0, 0.05) is 41.3 Å². The second-order valence-corrected chi connectivity index (χ2v) is 15.6. The second-order valence-electron chi connectivity index (χ2n) is 12.8. The third-order valence-electron chi connectivity index (χ3n) is 9.85. The van der Waals surface area contributed by atoms with Crippen LogP contribution in [0.25, 0.3) is 0 Å². The maximum absolute atomic E-state index is 13.8. The quantitative estimate of drug-likeness (QED) is 0.412. The number of Topliss-reactive ketones (excluding diaryl/α,β-unsaturated/α-hetero) is 1. The molecule has 43 heavy (non-hydrogen) atoms. The van der Waals surface area contributed by atoms with Gasteiger partial charge in [-0.05, 0) is 98.2 Å². The van der Waals surface area contributed by atoms with Crippen LogP contribution in [0.5, 0.6) is 5.75 Å². The predicted molar refractivity (Wildman–Crippen MR) is 171 cm³/mol. The van der Waals surface area contributed by atoms with Gasteiger partial charge in [-0.15, -0.1) is 0 Å². The number of ether oxygens (including phenoxy) is 1. The Bertz CT molecular complexity index is 1560. The molecule has 2 heterocycles. The molecular weight excluding hydrogens is 584 g/mol. The summed E-state index contributed by atoms with van der Waals surface area (Å²) in [6.45, 7) is 3.68. The van der Waals surface area contributed by atoms with E-state index in [1.54, 1.807) is 13.0 Å². The Hall–Kier alpha value is -2.68. The van der Waals surface area contributed by atoms with Crippen molar-refractivity contribution in [1.82, 2.24) is 0 Å². The van der Waals surface area contributed by atoms with Crippen LogP contribution in [0.1, 0.15) is 73.4 Å². The maximum Gasteiger partial charge on any atom is 0.285 e. The number of anilines is 1. The van der Waals surface area contributed by atoms with Gasteiger partial charge in [0.1, 0.15) is 11.5 Å². The largest absolute Gasteiger partial charge is 0.490 e. The average Bonchev–Trinajstić information content (AvgIpc) is 3.11. The number of halogens is 1. The van der Waals surface area contributed by atoms with E-state index in [0.29, 0.717) is 43.2 Å². The molecule has 6 rings (SSSR count). The summed E-state index contributed by atoms with van der Waals surface area (Å²) < 4.78 is 24.6. The molecule has 230 valence electrons. The van der Waals surface area contributed by atoms with Gasteiger partial charge in [-0.1, -0.05) is 36.7 Å². The number of amides is 1. The number of ketones is 1. The highest BCUT2D eigenvalue weighted by Crippen LogP contribution is 2.46. The fraction of sp³-hybridized carbons (Fsp3) is 0.529. The minimum Gasteiger partial charge on any atom is -0.490 e. The minimum absolute atomic E-state index is 0.149. The van der Waals surface area contributed by atoms with E-state index >= 15 is 0 Å². The van der Waals surface area contributed by atoms with Crippen LogP contribution in [0.15, 0.2) is 52.9 Å². The highest BCUT2D eigenvalue weighted by Gasteiger charge is 2.44. The summed E-state index contributed by atoms with van der Waals surface area (Å²) in [5.74, 6) is 0.351. The van der Waals surface area contributed by atoms with Gasteiger partial charge >= 0.3 is 0 Å². The van der Waals surface area contributed by atoms with Crippen molar-refractivity contribution in [1.29, 1.82) is 0 Å². The van der Waals surface area contributed by atoms with Gasteiger partial charge in [0.2, 0.25) is 0 Å². The van der Waals surface area contributed by atoms with Crippen LogP contribution in [-0.2, 0) is 26.4 Å². The highest BCUT2D eigenvalue weighted by molar-refractivity contribution is 7.94. The number of benzene rings is 2. The molecule has 0 unspecified atom stereocenters. The van der Waals surface area contributed by atoms with Crippen molar-refractivity contribution in [2.75, 3.05) is 36.1 Å². The van der Waals surface area contributed by atoms with Gasteiger partial charge in [-0.3, -0.25) is 9.59 Å². The monoisotopic (exact) mass is 624 g/mol. The lowest BCUT2D eigenvalue weighted by atomic mass is 9.68. The second kappa shape index (κ2) is 12.4. The van der Waals surface area contributed by atoms with Gasteiger partial charge in [0.15, 0.2) is 0 Å². The van der Waals surface area contributed by atoms with E-state index in [4.69, 9.17) is 16.3 Å². The topological polar surface area (TPSA) is 96.3 Å². The number of carbonyl (C=O) groups excluding carboxylic acids is 2. The van der Waals surface area contributed by atoms with Crippen LogP contribution in [0.4, 0.5) is 5.69 Å². The number of rotatable bonds is 3. The molecule has 2 aromatic carbocycles. The van der Waals surface area contributed by atoms with E-state index in [0.717, 1.165) is 49.4 Å². The van der Waals surface area contributed by atoms with Crippen molar-refractivity contribution in [2.45, 2.75) is 69.8 Å². The molecule has 2 bridgehead atoms. The van der Waals surface area contributed by atoms with Gasteiger partial charge < -0.3 is 14.7 Å². The number of fused-ring (bicyclic) bond motifs is 4. The molecule has 0 aromatic heterocycles. The average molecular weight is 625 g/mol. The Labute approximate surface area is 259 Å². The Morgan fingerprint density at radius 1 is 1.21 bits per heavy atom. The molecular formula is C34H41ClN2O5S. The molecule has 2 aromatic rings. The van der Waals surface area contributed by atoms with Crippen LogP contribution in [-0.4, -0.2) is 58.3 Å². The zero-order chi connectivity index (χ0) is 30.2. The van der Waals surface area contributed by atoms with E-state index in [1.807, 2.05) is 30.4 Å². The third-order valence-corrected chi connectivity index (χ3v) is 12.3. The SMILES string of the molecule is CCC(=O)C[S@@]1(=O)=NC(=O)c2ccc3c(c2)N(C[C@@H]2CC[C@H]2[C@@H](O)/C=C/CCC1)C[C@@]1(CCCc2cc(Cl)ccc21)CO3. The summed E-state index contributed by atoms with van der Waals surface area (Å²) in [6.07, 6.45) is 9.60. The van der Waals surface area contributed by atoms with Crippen molar-refractivity contribution in [3.63, 3.8) is 0 Å². The third kappa shape index (κ3) is 6.29. The summed E-state index contributed by atoms with van der Waals surface area (Å²) in [4.78, 5) is 28.2. The molecule has 1 fully saturated rings. The molecule has 7 nitrogen and oxygen atoms in total. The van der Waals surface area contributed by atoms with Gasteiger partial charge in [-0.2, -0.15) is 4.36 Å². The lowest BCUT2D eigenvalue weighted by Crippen LogP contribution is -2.49. The summed E-state index contributed by atoms with van der Waals surface area (Å²) in [5, 5.41) is 11.8. The molecule has 0 saturated heterocycles. The molecule has 1 saturated carbocycles. The molecule has 1 spiro atoms. The van der Waals surface area contributed by atoms with E-state index in [2.05, 4.69) is 21.4 Å². The van der Waals surface area contributed by atoms with Crippen LogP contribution in [0, 0.1) is 11.8 Å². The molecule has 5 atom stereocenters. The Balaban J connectivity index is 1.43. The van der Waals surface area contributed by atoms with Crippen LogP contribution >= 0.6 is 11.6 Å². The van der Waals surface area contributed by atoms with Crippen molar-refractivity contribution < 1.29 is 23.6 Å². The molecule has 0 radical (unpaired) electrons. The van der Waals surface area contributed by atoms with Crippen molar-refractivity contribution in [3.05, 3.63) is 70.3 Å². The number of aryl methyl sites for hydroxylation is 1. The molecule has 9 heteroatoms. The van der Waals surface area contributed by atoms with Gasteiger partial charge in [0.05, 0.1) is 33.9 Å². The number of nitrogens with zero attached hydrogens (tertiary/aromatic N) is 2. The lowest BCUT2D eigenvalue weighted by molar-refractivity contribution is -0.116. The smallest absolute Gasteiger partial charge is 0.285 e. The fourth-order valence-electron chi connectivity index (χ4n) is 7.31. The first-order chi connectivity index (χ1) is 20.7.